The zero-order valence-electron chi connectivity index (χ0n) is 19.9. The second-order valence-corrected chi connectivity index (χ2v) is 8.52. The Labute approximate surface area is 214 Å². The van der Waals surface area contributed by atoms with Gasteiger partial charge in [0.2, 0.25) is 0 Å². The summed E-state index contributed by atoms with van der Waals surface area (Å²) in [6, 6.07) is 15.2. The number of carboxylic acid groups (broad SMARTS) is 1. The standard InChI is InChI=1S/C27H23F6NO4/c1-16(25(36)37)34-24(35)20-4-2-19(3-5-20)23(14-15-26(28,29)30)38-22-12-8-18(9-13-22)17-6-10-21(11-7-17)27(31,32)33/h2-13,16,23H,14-15H2,1H3,(H,34,35)(H,36,37). The number of ether oxygens (including phenoxy) is 1. The molecule has 0 fully saturated rings. The molecule has 11 heteroatoms. The number of carbonyl (C=O) groups excluding carboxylic acids is 1. The molecule has 0 saturated carbocycles. The average molecular weight is 539 g/mol. The van der Waals surface area contributed by atoms with Crippen LogP contribution in [0.15, 0.2) is 72.8 Å². The highest BCUT2D eigenvalue weighted by Gasteiger charge is 2.31. The molecule has 0 bridgehead atoms. The normalized spacial score (nSPS) is 13.4. The molecule has 38 heavy (non-hydrogen) atoms. The topological polar surface area (TPSA) is 75.6 Å². The fourth-order valence-electron chi connectivity index (χ4n) is 3.52. The van der Waals surface area contributed by atoms with Crippen LogP contribution in [0.25, 0.3) is 11.1 Å². The lowest BCUT2D eigenvalue weighted by molar-refractivity contribution is -0.140. The highest BCUT2D eigenvalue weighted by molar-refractivity contribution is 5.96. The second kappa shape index (κ2) is 11.6. The molecular formula is C27H23F6NO4. The summed E-state index contributed by atoms with van der Waals surface area (Å²) >= 11 is 0. The van der Waals surface area contributed by atoms with E-state index in [1.165, 1.54) is 55.5 Å². The molecule has 0 heterocycles. The lowest BCUT2D eigenvalue weighted by Crippen LogP contribution is -2.38. The summed E-state index contributed by atoms with van der Waals surface area (Å²) in [7, 11) is 0. The van der Waals surface area contributed by atoms with Gasteiger partial charge in [-0.25, -0.2) is 0 Å². The number of aliphatic carboxylic acids is 1. The van der Waals surface area contributed by atoms with E-state index in [9.17, 15) is 35.9 Å². The molecule has 2 unspecified atom stereocenters. The van der Waals surface area contributed by atoms with Crippen LogP contribution in [0.1, 0.15) is 47.4 Å². The first-order valence-electron chi connectivity index (χ1n) is 11.4. The molecule has 0 spiro atoms. The molecule has 0 aromatic heterocycles. The van der Waals surface area contributed by atoms with E-state index in [-0.39, 0.29) is 11.3 Å². The Balaban J connectivity index is 1.76. The van der Waals surface area contributed by atoms with Crippen molar-refractivity contribution in [1.29, 1.82) is 0 Å². The third kappa shape index (κ3) is 7.99. The molecule has 0 aliphatic rings. The maximum atomic E-state index is 12.9. The van der Waals surface area contributed by atoms with Gasteiger partial charge in [0.1, 0.15) is 17.9 Å². The number of halogens is 6. The van der Waals surface area contributed by atoms with Crippen molar-refractivity contribution in [2.24, 2.45) is 0 Å². The van der Waals surface area contributed by atoms with Crippen LogP contribution < -0.4 is 10.1 Å². The number of nitrogens with one attached hydrogen (secondary N) is 1. The predicted molar refractivity (Wildman–Crippen MR) is 127 cm³/mol. The largest absolute Gasteiger partial charge is 0.486 e. The van der Waals surface area contributed by atoms with Gasteiger partial charge in [-0.15, -0.1) is 0 Å². The van der Waals surface area contributed by atoms with Gasteiger partial charge in [-0.05, 0) is 66.4 Å². The molecule has 0 aliphatic carbocycles. The Kier molecular flexibility index (Phi) is 8.70. The molecule has 1 amide bonds. The van der Waals surface area contributed by atoms with Crippen molar-refractivity contribution in [3.63, 3.8) is 0 Å². The minimum atomic E-state index is -4.46. The van der Waals surface area contributed by atoms with E-state index in [0.29, 0.717) is 16.7 Å². The zero-order chi connectivity index (χ0) is 28.1. The van der Waals surface area contributed by atoms with Gasteiger partial charge < -0.3 is 15.2 Å². The second-order valence-electron chi connectivity index (χ2n) is 8.52. The van der Waals surface area contributed by atoms with Crippen LogP contribution in [0.4, 0.5) is 26.3 Å². The van der Waals surface area contributed by atoms with Crippen molar-refractivity contribution in [1.82, 2.24) is 5.32 Å². The number of amides is 1. The third-order valence-corrected chi connectivity index (χ3v) is 5.63. The lowest BCUT2D eigenvalue weighted by Gasteiger charge is -2.21. The van der Waals surface area contributed by atoms with Crippen molar-refractivity contribution in [2.75, 3.05) is 0 Å². The van der Waals surface area contributed by atoms with E-state index in [0.717, 1.165) is 12.1 Å². The first-order chi connectivity index (χ1) is 17.7. The number of benzene rings is 3. The van der Waals surface area contributed by atoms with Crippen molar-refractivity contribution in [3.05, 3.63) is 89.5 Å². The third-order valence-electron chi connectivity index (χ3n) is 5.63. The SMILES string of the molecule is CC(NC(=O)c1ccc(C(CCC(F)(F)F)Oc2ccc(-c3ccc(C(F)(F)F)cc3)cc2)cc1)C(=O)O. The summed E-state index contributed by atoms with van der Waals surface area (Å²) in [4.78, 5) is 23.1. The van der Waals surface area contributed by atoms with E-state index >= 15 is 0 Å². The Morgan fingerprint density at radius 2 is 1.37 bits per heavy atom. The highest BCUT2D eigenvalue weighted by Crippen LogP contribution is 2.34. The summed E-state index contributed by atoms with van der Waals surface area (Å²) in [6.07, 6.45) is -11.4. The Morgan fingerprint density at radius 1 is 0.842 bits per heavy atom. The number of hydrogen-bond donors (Lipinski definition) is 2. The number of hydrogen-bond acceptors (Lipinski definition) is 3. The minimum absolute atomic E-state index is 0.123. The molecule has 0 saturated heterocycles. The first-order valence-corrected chi connectivity index (χ1v) is 11.4. The lowest BCUT2D eigenvalue weighted by atomic mass is 10.0. The van der Waals surface area contributed by atoms with Crippen molar-refractivity contribution in [3.8, 4) is 16.9 Å². The smallest absolute Gasteiger partial charge is 0.416 e. The zero-order valence-corrected chi connectivity index (χ0v) is 19.9. The highest BCUT2D eigenvalue weighted by atomic mass is 19.4. The van der Waals surface area contributed by atoms with E-state index in [4.69, 9.17) is 9.84 Å². The molecule has 3 aromatic carbocycles. The summed E-state index contributed by atoms with van der Waals surface area (Å²) in [5.74, 6) is -1.64. The minimum Gasteiger partial charge on any atom is -0.486 e. The number of rotatable bonds is 9. The quantitative estimate of drug-likeness (QED) is 0.286. The van der Waals surface area contributed by atoms with Crippen LogP contribution in [0.3, 0.4) is 0 Å². The van der Waals surface area contributed by atoms with Gasteiger partial charge in [0.15, 0.2) is 0 Å². The van der Waals surface area contributed by atoms with E-state index in [2.05, 4.69) is 5.32 Å². The Morgan fingerprint density at radius 3 is 1.84 bits per heavy atom. The Bertz CT molecular complexity index is 1240. The number of carboxylic acids is 1. The number of carbonyl (C=O) groups is 2. The molecule has 0 radical (unpaired) electrons. The van der Waals surface area contributed by atoms with Gasteiger partial charge in [0.25, 0.3) is 5.91 Å². The van der Waals surface area contributed by atoms with Crippen LogP contribution in [0.5, 0.6) is 5.75 Å². The summed E-state index contributed by atoms with van der Waals surface area (Å²) in [6.45, 7) is 1.29. The molecule has 0 aliphatic heterocycles. The van der Waals surface area contributed by atoms with Gasteiger partial charge in [0.05, 0.1) is 5.56 Å². The van der Waals surface area contributed by atoms with E-state index in [1.807, 2.05) is 0 Å². The van der Waals surface area contributed by atoms with Crippen molar-refractivity contribution >= 4 is 11.9 Å². The Hall–Kier alpha value is -4.02. The molecule has 3 rings (SSSR count). The number of alkyl halides is 6. The van der Waals surface area contributed by atoms with Crippen molar-refractivity contribution in [2.45, 2.75) is 44.3 Å². The van der Waals surface area contributed by atoms with E-state index < -0.39 is 54.8 Å². The molecule has 2 N–H and O–H groups in total. The van der Waals surface area contributed by atoms with E-state index in [1.54, 1.807) is 12.1 Å². The maximum Gasteiger partial charge on any atom is 0.416 e. The fourth-order valence-corrected chi connectivity index (χ4v) is 3.52. The average Bonchev–Trinajstić information content (AvgIpc) is 2.86. The van der Waals surface area contributed by atoms with Gasteiger partial charge in [-0.3, -0.25) is 9.59 Å². The van der Waals surface area contributed by atoms with Crippen LogP contribution in [-0.2, 0) is 11.0 Å². The summed E-state index contributed by atoms with van der Waals surface area (Å²) in [5.41, 5.74) is 0.808. The van der Waals surface area contributed by atoms with Gasteiger partial charge in [-0.2, -0.15) is 26.3 Å². The summed E-state index contributed by atoms with van der Waals surface area (Å²) < 4.78 is 83.0. The molecule has 3 aromatic rings. The van der Waals surface area contributed by atoms with Crippen LogP contribution >= 0.6 is 0 Å². The van der Waals surface area contributed by atoms with Crippen LogP contribution in [0.2, 0.25) is 0 Å². The fraction of sp³-hybridized carbons (Fsp3) is 0.259. The molecule has 202 valence electrons. The van der Waals surface area contributed by atoms with Crippen LogP contribution in [-0.4, -0.2) is 29.2 Å². The predicted octanol–water partition coefficient (Wildman–Crippen LogP) is 7.04. The van der Waals surface area contributed by atoms with Gasteiger partial charge in [0, 0.05) is 12.0 Å². The summed E-state index contributed by atoms with van der Waals surface area (Å²) in [5, 5.41) is 11.2. The molecular weight excluding hydrogens is 516 g/mol. The van der Waals surface area contributed by atoms with Gasteiger partial charge in [-0.1, -0.05) is 36.4 Å². The first kappa shape index (κ1) is 28.5. The molecule has 2 atom stereocenters. The monoisotopic (exact) mass is 539 g/mol. The van der Waals surface area contributed by atoms with Crippen molar-refractivity contribution < 1.29 is 45.8 Å². The molecule has 5 nitrogen and oxygen atoms in total. The van der Waals surface area contributed by atoms with Gasteiger partial charge >= 0.3 is 18.3 Å². The maximum absolute atomic E-state index is 12.9. The van der Waals surface area contributed by atoms with Crippen LogP contribution in [0, 0.1) is 0 Å².